The summed E-state index contributed by atoms with van der Waals surface area (Å²) in [5.74, 6) is 0.947. The molecule has 0 radical (unpaired) electrons. The van der Waals surface area contributed by atoms with E-state index < -0.39 is 0 Å². The van der Waals surface area contributed by atoms with Gasteiger partial charge in [-0.1, -0.05) is 11.6 Å². The highest BCUT2D eigenvalue weighted by Crippen LogP contribution is 2.16. The van der Waals surface area contributed by atoms with Crippen LogP contribution in [0.15, 0.2) is 30.5 Å². The highest BCUT2D eigenvalue weighted by molar-refractivity contribution is 6.30. The maximum Gasteiger partial charge on any atom is 0.204 e. The SMILES string of the molecule is CN(C)c1ncc(CNc2ccc(Cl)cc2)n1C. The number of rotatable bonds is 4. The van der Waals surface area contributed by atoms with E-state index in [1.807, 2.05) is 56.5 Å². The highest BCUT2D eigenvalue weighted by atomic mass is 35.5. The molecule has 0 bridgehead atoms. The summed E-state index contributed by atoms with van der Waals surface area (Å²) in [7, 11) is 5.98. The molecule has 1 heterocycles. The fourth-order valence-corrected chi connectivity index (χ4v) is 1.90. The van der Waals surface area contributed by atoms with Crippen LogP contribution in [0.2, 0.25) is 5.02 Å². The molecule has 0 aliphatic carbocycles. The molecule has 0 spiro atoms. The molecule has 0 saturated heterocycles. The molecule has 0 atom stereocenters. The normalized spacial score (nSPS) is 10.4. The molecule has 0 saturated carbocycles. The summed E-state index contributed by atoms with van der Waals surface area (Å²) in [5, 5.41) is 4.09. The van der Waals surface area contributed by atoms with Crippen LogP contribution in [-0.2, 0) is 13.6 Å². The molecular formula is C13H17ClN4. The predicted molar refractivity (Wildman–Crippen MR) is 76.3 cm³/mol. The largest absolute Gasteiger partial charge is 0.379 e. The number of halogens is 1. The summed E-state index contributed by atoms with van der Waals surface area (Å²) in [6, 6.07) is 7.67. The fraction of sp³-hybridized carbons (Fsp3) is 0.308. The van der Waals surface area contributed by atoms with Crippen molar-refractivity contribution in [1.29, 1.82) is 0 Å². The maximum absolute atomic E-state index is 5.84. The Labute approximate surface area is 112 Å². The molecule has 1 aromatic carbocycles. The van der Waals surface area contributed by atoms with E-state index in [4.69, 9.17) is 11.6 Å². The zero-order chi connectivity index (χ0) is 13.1. The first-order valence-electron chi connectivity index (χ1n) is 5.75. The van der Waals surface area contributed by atoms with Gasteiger partial charge in [0.25, 0.3) is 0 Å². The van der Waals surface area contributed by atoms with Crippen LogP contribution in [0.1, 0.15) is 5.69 Å². The van der Waals surface area contributed by atoms with E-state index in [2.05, 4.69) is 14.9 Å². The van der Waals surface area contributed by atoms with Crippen molar-refractivity contribution in [2.45, 2.75) is 6.54 Å². The van der Waals surface area contributed by atoms with Gasteiger partial charge in [0.2, 0.25) is 5.95 Å². The Morgan fingerprint density at radius 2 is 1.94 bits per heavy atom. The van der Waals surface area contributed by atoms with E-state index >= 15 is 0 Å². The van der Waals surface area contributed by atoms with Gasteiger partial charge in [-0.15, -0.1) is 0 Å². The third kappa shape index (κ3) is 2.76. The van der Waals surface area contributed by atoms with E-state index in [0.29, 0.717) is 0 Å². The first kappa shape index (κ1) is 12.8. The van der Waals surface area contributed by atoms with E-state index in [1.54, 1.807) is 0 Å². The van der Waals surface area contributed by atoms with Crippen LogP contribution in [0.25, 0.3) is 0 Å². The minimum absolute atomic E-state index is 0.735. The minimum Gasteiger partial charge on any atom is -0.379 e. The molecule has 0 amide bonds. The second-order valence-electron chi connectivity index (χ2n) is 4.36. The molecular weight excluding hydrogens is 248 g/mol. The Morgan fingerprint density at radius 3 is 2.50 bits per heavy atom. The van der Waals surface area contributed by atoms with E-state index in [1.165, 1.54) is 0 Å². The molecule has 5 heteroatoms. The van der Waals surface area contributed by atoms with Crippen LogP contribution in [0.3, 0.4) is 0 Å². The summed E-state index contributed by atoms with van der Waals surface area (Å²) in [6.07, 6.45) is 1.89. The average Bonchev–Trinajstić information content (AvgIpc) is 2.70. The molecule has 1 N–H and O–H groups in total. The molecule has 96 valence electrons. The van der Waals surface area contributed by atoms with Crippen LogP contribution >= 0.6 is 11.6 Å². The van der Waals surface area contributed by atoms with Gasteiger partial charge in [-0.3, -0.25) is 0 Å². The first-order chi connectivity index (χ1) is 8.58. The third-order valence-electron chi connectivity index (χ3n) is 2.78. The fourth-order valence-electron chi connectivity index (χ4n) is 1.77. The zero-order valence-corrected chi connectivity index (χ0v) is 11.6. The van der Waals surface area contributed by atoms with Crippen molar-refractivity contribution >= 4 is 23.2 Å². The lowest BCUT2D eigenvalue weighted by atomic mass is 10.3. The summed E-state index contributed by atoms with van der Waals surface area (Å²) in [5.41, 5.74) is 2.18. The second kappa shape index (κ2) is 5.31. The van der Waals surface area contributed by atoms with Gasteiger partial charge < -0.3 is 14.8 Å². The van der Waals surface area contributed by atoms with Gasteiger partial charge >= 0.3 is 0 Å². The quantitative estimate of drug-likeness (QED) is 0.922. The van der Waals surface area contributed by atoms with E-state index in [0.717, 1.165) is 28.9 Å². The van der Waals surface area contributed by atoms with Crippen LogP contribution in [0.4, 0.5) is 11.6 Å². The van der Waals surface area contributed by atoms with Crippen LogP contribution < -0.4 is 10.2 Å². The van der Waals surface area contributed by atoms with Gasteiger partial charge in [-0.05, 0) is 24.3 Å². The third-order valence-corrected chi connectivity index (χ3v) is 3.03. The smallest absolute Gasteiger partial charge is 0.204 e. The molecule has 4 nitrogen and oxygen atoms in total. The summed E-state index contributed by atoms with van der Waals surface area (Å²) < 4.78 is 2.07. The Kier molecular flexibility index (Phi) is 3.77. The first-order valence-corrected chi connectivity index (χ1v) is 6.13. The van der Waals surface area contributed by atoms with Crippen molar-refractivity contribution in [1.82, 2.24) is 9.55 Å². The molecule has 0 fully saturated rings. The van der Waals surface area contributed by atoms with Gasteiger partial charge in [0.05, 0.1) is 18.4 Å². The Balaban J connectivity index is 2.04. The molecule has 0 unspecified atom stereocenters. The van der Waals surface area contributed by atoms with Crippen molar-refractivity contribution < 1.29 is 0 Å². The number of nitrogens with one attached hydrogen (secondary N) is 1. The highest BCUT2D eigenvalue weighted by Gasteiger charge is 2.07. The number of anilines is 2. The number of hydrogen-bond acceptors (Lipinski definition) is 3. The molecule has 0 aliphatic heterocycles. The summed E-state index contributed by atoms with van der Waals surface area (Å²) in [4.78, 5) is 6.36. The lowest BCUT2D eigenvalue weighted by molar-refractivity contribution is 0.814. The number of nitrogens with zero attached hydrogens (tertiary/aromatic N) is 3. The number of aromatic nitrogens is 2. The van der Waals surface area contributed by atoms with Gasteiger partial charge in [0.15, 0.2) is 0 Å². The molecule has 2 aromatic rings. The Bertz CT molecular complexity index is 516. The summed E-state index contributed by atoms with van der Waals surface area (Å²) >= 11 is 5.84. The van der Waals surface area contributed by atoms with Gasteiger partial charge in [-0.25, -0.2) is 4.98 Å². The number of benzene rings is 1. The van der Waals surface area contributed by atoms with Gasteiger partial charge in [0, 0.05) is 31.9 Å². The average molecular weight is 265 g/mol. The van der Waals surface area contributed by atoms with Crippen LogP contribution in [0, 0.1) is 0 Å². The zero-order valence-electron chi connectivity index (χ0n) is 10.8. The maximum atomic E-state index is 5.84. The van der Waals surface area contributed by atoms with E-state index in [-0.39, 0.29) is 0 Å². The topological polar surface area (TPSA) is 33.1 Å². The van der Waals surface area contributed by atoms with Crippen molar-refractivity contribution in [2.75, 3.05) is 24.3 Å². The van der Waals surface area contributed by atoms with Crippen LogP contribution in [-0.4, -0.2) is 23.6 Å². The van der Waals surface area contributed by atoms with Crippen molar-refractivity contribution in [3.05, 3.63) is 41.2 Å². The number of imidazole rings is 1. The van der Waals surface area contributed by atoms with Gasteiger partial charge in [0.1, 0.15) is 0 Å². The second-order valence-corrected chi connectivity index (χ2v) is 4.80. The lowest BCUT2D eigenvalue weighted by Crippen LogP contribution is -2.15. The van der Waals surface area contributed by atoms with Crippen molar-refractivity contribution in [2.24, 2.45) is 7.05 Å². The van der Waals surface area contributed by atoms with Crippen molar-refractivity contribution in [3.8, 4) is 0 Å². The Hall–Kier alpha value is -1.68. The van der Waals surface area contributed by atoms with Crippen LogP contribution in [0.5, 0.6) is 0 Å². The predicted octanol–water partition coefficient (Wildman–Crippen LogP) is 2.75. The Morgan fingerprint density at radius 1 is 1.28 bits per heavy atom. The lowest BCUT2D eigenvalue weighted by Gasteiger charge is -2.13. The molecule has 1 aromatic heterocycles. The molecule has 0 aliphatic rings. The van der Waals surface area contributed by atoms with Gasteiger partial charge in [-0.2, -0.15) is 0 Å². The minimum atomic E-state index is 0.735. The van der Waals surface area contributed by atoms with E-state index in [9.17, 15) is 0 Å². The van der Waals surface area contributed by atoms with Crippen molar-refractivity contribution in [3.63, 3.8) is 0 Å². The standard InChI is InChI=1S/C13H17ClN4/c1-17(2)13-16-9-12(18(13)3)8-15-11-6-4-10(14)5-7-11/h4-7,9,15H,8H2,1-3H3. The summed E-state index contributed by atoms with van der Waals surface area (Å²) in [6.45, 7) is 0.735. The molecule has 2 rings (SSSR count). The monoisotopic (exact) mass is 264 g/mol. The molecule has 18 heavy (non-hydrogen) atoms. The number of hydrogen-bond donors (Lipinski definition) is 1.